The lowest BCUT2D eigenvalue weighted by Gasteiger charge is -2.13. The maximum atomic E-state index is 11.5. The summed E-state index contributed by atoms with van der Waals surface area (Å²) in [5.41, 5.74) is 0. The first-order valence-corrected chi connectivity index (χ1v) is 6.33. The van der Waals surface area contributed by atoms with Crippen LogP contribution in [0.25, 0.3) is 0 Å². The van der Waals surface area contributed by atoms with Gasteiger partial charge in [0.25, 0.3) is 0 Å². The highest BCUT2D eigenvalue weighted by Gasteiger charge is 2.16. The third-order valence-electron chi connectivity index (χ3n) is 2.96. The van der Waals surface area contributed by atoms with Crippen molar-refractivity contribution < 1.29 is 4.79 Å². The number of nitrogens with zero attached hydrogens (tertiary/aromatic N) is 1. The van der Waals surface area contributed by atoms with E-state index in [-0.39, 0.29) is 5.91 Å². The van der Waals surface area contributed by atoms with E-state index in [0.717, 1.165) is 32.4 Å². The van der Waals surface area contributed by atoms with Crippen LogP contribution >= 0.6 is 0 Å². The van der Waals surface area contributed by atoms with E-state index in [0.29, 0.717) is 12.6 Å². The molecule has 0 heterocycles. The molecule has 0 aliphatic heterocycles. The van der Waals surface area contributed by atoms with E-state index in [4.69, 9.17) is 0 Å². The molecular weight excluding hydrogens is 202 g/mol. The third-order valence-corrected chi connectivity index (χ3v) is 2.96. The van der Waals surface area contributed by atoms with Crippen molar-refractivity contribution in [3.05, 3.63) is 0 Å². The quantitative estimate of drug-likeness (QED) is 0.626. The molecule has 16 heavy (non-hydrogen) atoms. The Morgan fingerprint density at radius 3 is 2.62 bits per heavy atom. The van der Waals surface area contributed by atoms with Gasteiger partial charge < -0.3 is 15.5 Å². The summed E-state index contributed by atoms with van der Waals surface area (Å²) in [6, 6.07) is 0.441. The van der Waals surface area contributed by atoms with E-state index >= 15 is 0 Å². The molecule has 0 aromatic heterocycles. The monoisotopic (exact) mass is 227 g/mol. The molecule has 0 aromatic carbocycles. The van der Waals surface area contributed by atoms with Gasteiger partial charge in [0.1, 0.15) is 0 Å². The van der Waals surface area contributed by atoms with E-state index in [1.54, 1.807) is 0 Å². The SMILES string of the molecule is CN(C)CCCNCC(=O)NC1CCCC1. The topological polar surface area (TPSA) is 44.4 Å². The van der Waals surface area contributed by atoms with Crippen molar-refractivity contribution in [3.8, 4) is 0 Å². The number of hydrogen-bond donors (Lipinski definition) is 2. The van der Waals surface area contributed by atoms with Gasteiger partial charge in [-0.05, 0) is 46.4 Å². The lowest BCUT2D eigenvalue weighted by Crippen LogP contribution is -2.39. The van der Waals surface area contributed by atoms with Gasteiger partial charge >= 0.3 is 0 Å². The van der Waals surface area contributed by atoms with Crippen LogP contribution in [0.3, 0.4) is 0 Å². The number of hydrogen-bond acceptors (Lipinski definition) is 3. The van der Waals surface area contributed by atoms with Crippen LogP contribution in [0, 0.1) is 0 Å². The van der Waals surface area contributed by atoms with Crippen LogP contribution in [-0.4, -0.2) is 50.6 Å². The molecule has 1 amide bonds. The normalized spacial score (nSPS) is 16.9. The fraction of sp³-hybridized carbons (Fsp3) is 0.917. The third kappa shape index (κ3) is 6.08. The maximum absolute atomic E-state index is 11.5. The molecule has 1 saturated carbocycles. The molecule has 4 heteroatoms. The van der Waals surface area contributed by atoms with E-state index in [1.807, 2.05) is 0 Å². The zero-order chi connectivity index (χ0) is 11.8. The Kier molecular flexibility index (Phi) is 6.42. The van der Waals surface area contributed by atoms with Gasteiger partial charge in [0, 0.05) is 6.04 Å². The Labute approximate surface area is 98.8 Å². The van der Waals surface area contributed by atoms with Crippen LogP contribution in [0.1, 0.15) is 32.1 Å². The molecule has 1 aliphatic rings. The van der Waals surface area contributed by atoms with Gasteiger partial charge in [-0.2, -0.15) is 0 Å². The predicted molar refractivity (Wildman–Crippen MR) is 66.4 cm³/mol. The molecule has 2 N–H and O–H groups in total. The number of carbonyl (C=O) groups is 1. The minimum atomic E-state index is 0.150. The lowest BCUT2D eigenvalue weighted by atomic mass is 10.2. The van der Waals surface area contributed by atoms with Crippen LogP contribution in [0.15, 0.2) is 0 Å². The summed E-state index contributed by atoms with van der Waals surface area (Å²) in [7, 11) is 4.12. The summed E-state index contributed by atoms with van der Waals surface area (Å²) < 4.78 is 0. The molecule has 0 radical (unpaired) electrons. The van der Waals surface area contributed by atoms with Crippen LogP contribution in [-0.2, 0) is 4.79 Å². The minimum Gasteiger partial charge on any atom is -0.352 e. The minimum absolute atomic E-state index is 0.150. The van der Waals surface area contributed by atoms with E-state index in [1.165, 1.54) is 12.8 Å². The first kappa shape index (κ1) is 13.5. The average molecular weight is 227 g/mol. The van der Waals surface area contributed by atoms with Gasteiger partial charge in [-0.1, -0.05) is 12.8 Å². The Hall–Kier alpha value is -0.610. The van der Waals surface area contributed by atoms with Crippen molar-refractivity contribution in [1.29, 1.82) is 0 Å². The molecule has 4 nitrogen and oxygen atoms in total. The van der Waals surface area contributed by atoms with Gasteiger partial charge in [0.05, 0.1) is 6.54 Å². The number of nitrogens with one attached hydrogen (secondary N) is 2. The highest BCUT2D eigenvalue weighted by Crippen LogP contribution is 2.17. The lowest BCUT2D eigenvalue weighted by molar-refractivity contribution is -0.120. The molecule has 0 spiro atoms. The zero-order valence-corrected chi connectivity index (χ0v) is 10.6. The van der Waals surface area contributed by atoms with Gasteiger partial charge in [-0.3, -0.25) is 4.79 Å². The first-order valence-electron chi connectivity index (χ1n) is 6.33. The van der Waals surface area contributed by atoms with Gasteiger partial charge in [0.15, 0.2) is 0 Å². The van der Waals surface area contributed by atoms with Crippen molar-refractivity contribution in [2.75, 3.05) is 33.7 Å². The second-order valence-electron chi connectivity index (χ2n) is 4.88. The fourth-order valence-corrected chi connectivity index (χ4v) is 2.07. The van der Waals surface area contributed by atoms with Crippen LogP contribution in [0.2, 0.25) is 0 Å². The smallest absolute Gasteiger partial charge is 0.234 e. The summed E-state index contributed by atoms with van der Waals surface area (Å²) >= 11 is 0. The summed E-state index contributed by atoms with van der Waals surface area (Å²) in [4.78, 5) is 13.7. The van der Waals surface area contributed by atoms with Crippen molar-refractivity contribution in [1.82, 2.24) is 15.5 Å². The van der Waals surface area contributed by atoms with Crippen molar-refractivity contribution in [3.63, 3.8) is 0 Å². The first-order chi connectivity index (χ1) is 7.68. The van der Waals surface area contributed by atoms with Gasteiger partial charge in [0.2, 0.25) is 5.91 Å². The molecule has 0 saturated heterocycles. The van der Waals surface area contributed by atoms with Crippen LogP contribution in [0.5, 0.6) is 0 Å². The summed E-state index contributed by atoms with van der Waals surface area (Å²) in [5, 5.41) is 6.24. The van der Waals surface area contributed by atoms with E-state index < -0.39 is 0 Å². The Morgan fingerprint density at radius 1 is 1.31 bits per heavy atom. The molecule has 0 unspecified atom stereocenters. The van der Waals surface area contributed by atoms with Gasteiger partial charge in [-0.25, -0.2) is 0 Å². The summed E-state index contributed by atoms with van der Waals surface area (Å²) in [6.45, 7) is 2.44. The zero-order valence-electron chi connectivity index (χ0n) is 10.6. The van der Waals surface area contributed by atoms with Crippen molar-refractivity contribution in [2.45, 2.75) is 38.1 Å². The van der Waals surface area contributed by atoms with Crippen LogP contribution < -0.4 is 10.6 Å². The molecule has 0 bridgehead atoms. The van der Waals surface area contributed by atoms with Crippen LogP contribution in [0.4, 0.5) is 0 Å². The highest BCUT2D eigenvalue weighted by atomic mass is 16.1. The van der Waals surface area contributed by atoms with Gasteiger partial charge in [-0.15, -0.1) is 0 Å². The standard InChI is InChI=1S/C12H25N3O/c1-15(2)9-5-8-13-10-12(16)14-11-6-3-4-7-11/h11,13H,3-10H2,1-2H3,(H,14,16). The molecule has 1 aliphatic carbocycles. The second kappa shape index (κ2) is 7.63. The molecular formula is C12H25N3O. The van der Waals surface area contributed by atoms with Crippen molar-refractivity contribution >= 4 is 5.91 Å². The fourth-order valence-electron chi connectivity index (χ4n) is 2.07. The van der Waals surface area contributed by atoms with E-state index in [9.17, 15) is 4.79 Å². The maximum Gasteiger partial charge on any atom is 0.234 e. The average Bonchev–Trinajstić information content (AvgIpc) is 2.69. The molecule has 0 atom stereocenters. The summed E-state index contributed by atoms with van der Waals surface area (Å²) in [5.74, 6) is 0.150. The molecule has 94 valence electrons. The Bertz CT molecular complexity index is 200. The summed E-state index contributed by atoms with van der Waals surface area (Å²) in [6.07, 6.45) is 5.94. The molecule has 0 aromatic rings. The largest absolute Gasteiger partial charge is 0.352 e. The number of carbonyl (C=O) groups excluding carboxylic acids is 1. The number of amides is 1. The Morgan fingerprint density at radius 2 is 2.00 bits per heavy atom. The van der Waals surface area contributed by atoms with Crippen molar-refractivity contribution in [2.24, 2.45) is 0 Å². The second-order valence-corrected chi connectivity index (χ2v) is 4.88. The number of rotatable bonds is 7. The van der Waals surface area contributed by atoms with E-state index in [2.05, 4.69) is 29.6 Å². The molecule has 1 rings (SSSR count). The molecule has 1 fully saturated rings. The Balaban J connectivity index is 1.93. The predicted octanol–water partition coefficient (Wildman–Crippen LogP) is 0.587. The highest BCUT2D eigenvalue weighted by molar-refractivity contribution is 5.78.